The van der Waals surface area contributed by atoms with E-state index in [2.05, 4.69) is 5.32 Å². The summed E-state index contributed by atoms with van der Waals surface area (Å²) in [4.78, 5) is 26.2. The molecule has 1 aliphatic heterocycles. The van der Waals surface area contributed by atoms with Crippen molar-refractivity contribution in [3.05, 3.63) is 34.9 Å². The molecular weight excluding hydrogens is 252 g/mol. The Hall–Kier alpha value is -1.68. The number of rotatable bonds is 2. The summed E-state index contributed by atoms with van der Waals surface area (Å²) in [6.45, 7) is 2.78. The van der Waals surface area contributed by atoms with Gasteiger partial charge in [0.15, 0.2) is 0 Å². The van der Waals surface area contributed by atoms with Crippen molar-refractivity contribution < 1.29 is 9.59 Å². The van der Waals surface area contributed by atoms with E-state index >= 15 is 0 Å². The Labute approximate surface area is 119 Å². The maximum Gasteiger partial charge on any atom is 0.295 e. The number of nitrogens with zero attached hydrogens (tertiary/aromatic N) is 1. The van der Waals surface area contributed by atoms with Gasteiger partial charge in [-0.05, 0) is 42.9 Å². The summed E-state index contributed by atoms with van der Waals surface area (Å²) in [6.07, 6.45) is 4.52. The van der Waals surface area contributed by atoms with Crippen molar-refractivity contribution in [2.24, 2.45) is 0 Å². The first kappa shape index (κ1) is 13.3. The van der Waals surface area contributed by atoms with Crippen LogP contribution in [0.4, 0.5) is 0 Å². The second kappa shape index (κ2) is 5.75. The minimum atomic E-state index is -0.361. The van der Waals surface area contributed by atoms with Gasteiger partial charge in [-0.2, -0.15) is 0 Å². The molecule has 0 saturated carbocycles. The third-order valence-electron chi connectivity index (χ3n) is 4.21. The molecular formula is C16H20N2O2. The van der Waals surface area contributed by atoms with Crippen LogP contribution < -0.4 is 5.32 Å². The van der Waals surface area contributed by atoms with Crippen LogP contribution in [0.25, 0.3) is 0 Å². The van der Waals surface area contributed by atoms with Gasteiger partial charge in [-0.3, -0.25) is 9.59 Å². The number of hydrogen-bond acceptors (Lipinski definition) is 3. The lowest BCUT2D eigenvalue weighted by Gasteiger charge is -2.26. The average Bonchev–Trinajstić information content (AvgIpc) is 2.54. The van der Waals surface area contributed by atoms with E-state index in [-0.39, 0.29) is 11.7 Å². The standard InChI is InChI=1S/C16H20N2O2/c19-15(16(20)18-9-7-17-8-10-18)14-6-5-12-3-1-2-4-13(12)11-14/h5-6,11,17H,1-4,7-10H2. The first-order valence-electron chi connectivity index (χ1n) is 7.42. The van der Waals surface area contributed by atoms with E-state index in [9.17, 15) is 9.59 Å². The molecule has 1 aromatic carbocycles. The molecule has 1 N–H and O–H groups in total. The maximum atomic E-state index is 12.3. The maximum absolute atomic E-state index is 12.3. The van der Waals surface area contributed by atoms with Crippen LogP contribution in [-0.2, 0) is 17.6 Å². The number of carbonyl (C=O) groups is 2. The Balaban J connectivity index is 1.77. The quantitative estimate of drug-likeness (QED) is 0.649. The Kier molecular flexibility index (Phi) is 3.83. The second-order valence-electron chi connectivity index (χ2n) is 5.56. The lowest BCUT2D eigenvalue weighted by atomic mass is 9.89. The third-order valence-corrected chi connectivity index (χ3v) is 4.21. The van der Waals surface area contributed by atoms with E-state index < -0.39 is 0 Å². The fraction of sp³-hybridized carbons (Fsp3) is 0.500. The van der Waals surface area contributed by atoms with Crippen LogP contribution in [0.3, 0.4) is 0 Å². The molecule has 4 heteroatoms. The van der Waals surface area contributed by atoms with Gasteiger partial charge in [0.05, 0.1) is 0 Å². The minimum Gasteiger partial charge on any atom is -0.333 e. The zero-order valence-corrected chi connectivity index (χ0v) is 11.7. The summed E-state index contributed by atoms with van der Waals surface area (Å²) in [5, 5.41) is 3.18. The minimum absolute atomic E-state index is 0.359. The number of ketones is 1. The molecule has 1 aromatic rings. The van der Waals surface area contributed by atoms with Crippen LogP contribution in [0.5, 0.6) is 0 Å². The highest BCUT2D eigenvalue weighted by Crippen LogP contribution is 2.22. The van der Waals surface area contributed by atoms with Crippen molar-refractivity contribution in [2.45, 2.75) is 25.7 Å². The van der Waals surface area contributed by atoms with Crippen LogP contribution in [0.15, 0.2) is 18.2 Å². The van der Waals surface area contributed by atoms with Crippen LogP contribution >= 0.6 is 0 Å². The highest BCUT2D eigenvalue weighted by atomic mass is 16.2. The molecule has 0 unspecified atom stereocenters. The summed E-state index contributed by atoms with van der Waals surface area (Å²) in [7, 11) is 0. The molecule has 0 spiro atoms. The van der Waals surface area contributed by atoms with Crippen molar-refractivity contribution in [3.63, 3.8) is 0 Å². The van der Waals surface area contributed by atoms with Crippen molar-refractivity contribution in [1.82, 2.24) is 10.2 Å². The summed E-state index contributed by atoms with van der Waals surface area (Å²) in [5.74, 6) is -0.720. The molecule has 1 heterocycles. The summed E-state index contributed by atoms with van der Waals surface area (Å²) >= 11 is 0. The summed E-state index contributed by atoms with van der Waals surface area (Å²) in [6, 6.07) is 5.76. The fourth-order valence-corrected chi connectivity index (χ4v) is 3.01. The molecule has 0 aromatic heterocycles. The van der Waals surface area contributed by atoms with E-state index in [0.717, 1.165) is 25.9 Å². The van der Waals surface area contributed by atoms with Crippen LogP contribution in [0.2, 0.25) is 0 Å². The molecule has 0 radical (unpaired) electrons. The SMILES string of the molecule is O=C(C(=O)N1CCNCC1)c1ccc2c(c1)CCCC2. The monoisotopic (exact) mass is 272 g/mol. The number of fused-ring (bicyclic) bond motifs is 1. The van der Waals surface area contributed by atoms with E-state index in [1.807, 2.05) is 18.2 Å². The molecule has 1 fully saturated rings. The van der Waals surface area contributed by atoms with Crippen molar-refractivity contribution in [2.75, 3.05) is 26.2 Å². The van der Waals surface area contributed by atoms with Gasteiger partial charge in [0.1, 0.15) is 0 Å². The Bertz CT molecular complexity index is 533. The number of Topliss-reactive ketones (excluding diaryl/α,β-unsaturated/α-hetero) is 1. The lowest BCUT2D eigenvalue weighted by molar-refractivity contribution is -0.126. The van der Waals surface area contributed by atoms with Crippen molar-refractivity contribution in [1.29, 1.82) is 0 Å². The van der Waals surface area contributed by atoms with Crippen LogP contribution in [-0.4, -0.2) is 42.8 Å². The Morgan fingerprint density at radius 3 is 2.45 bits per heavy atom. The summed E-state index contributed by atoms with van der Waals surface area (Å²) < 4.78 is 0. The highest BCUT2D eigenvalue weighted by Gasteiger charge is 2.25. The molecule has 3 rings (SSSR count). The van der Waals surface area contributed by atoms with Gasteiger partial charge in [-0.15, -0.1) is 0 Å². The fourth-order valence-electron chi connectivity index (χ4n) is 3.01. The number of benzene rings is 1. The van der Waals surface area contributed by atoms with Gasteiger partial charge in [0.25, 0.3) is 5.91 Å². The third kappa shape index (κ3) is 2.61. The highest BCUT2D eigenvalue weighted by molar-refractivity contribution is 6.42. The second-order valence-corrected chi connectivity index (χ2v) is 5.56. The molecule has 1 saturated heterocycles. The normalized spacial score (nSPS) is 18.5. The van der Waals surface area contributed by atoms with E-state index in [4.69, 9.17) is 0 Å². The van der Waals surface area contributed by atoms with E-state index in [1.54, 1.807) is 4.90 Å². The predicted molar refractivity (Wildman–Crippen MR) is 76.9 cm³/mol. The van der Waals surface area contributed by atoms with Crippen LogP contribution in [0, 0.1) is 0 Å². The molecule has 1 amide bonds. The van der Waals surface area contributed by atoms with Gasteiger partial charge in [-0.1, -0.05) is 12.1 Å². The smallest absolute Gasteiger partial charge is 0.295 e. The van der Waals surface area contributed by atoms with Crippen molar-refractivity contribution in [3.8, 4) is 0 Å². The van der Waals surface area contributed by atoms with Gasteiger partial charge in [0, 0.05) is 31.7 Å². The number of nitrogens with one attached hydrogen (secondary N) is 1. The lowest BCUT2D eigenvalue weighted by Crippen LogP contribution is -2.48. The number of aryl methyl sites for hydroxylation is 2. The topological polar surface area (TPSA) is 49.4 Å². The number of amides is 1. The van der Waals surface area contributed by atoms with Gasteiger partial charge in [0.2, 0.25) is 5.78 Å². The molecule has 0 bridgehead atoms. The van der Waals surface area contributed by atoms with E-state index in [0.29, 0.717) is 18.7 Å². The van der Waals surface area contributed by atoms with Crippen LogP contribution in [0.1, 0.15) is 34.3 Å². The number of piperazine rings is 1. The molecule has 4 nitrogen and oxygen atoms in total. The predicted octanol–water partition coefficient (Wildman–Crippen LogP) is 1.18. The number of carbonyl (C=O) groups excluding carboxylic acids is 2. The molecule has 20 heavy (non-hydrogen) atoms. The first-order valence-corrected chi connectivity index (χ1v) is 7.42. The summed E-state index contributed by atoms with van der Waals surface area (Å²) in [5.41, 5.74) is 3.13. The Morgan fingerprint density at radius 1 is 1.00 bits per heavy atom. The molecule has 0 atom stereocenters. The van der Waals surface area contributed by atoms with Gasteiger partial charge < -0.3 is 10.2 Å². The average molecular weight is 272 g/mol. The largest absolute Gasteiger partial charge is 0.333 e. The zero-order valence-electron chi connectivity index (χ0n) is 11.7. The molecule has 1 aliphatic carbocycles. The van der Waals surface area contributed by atoms with E-state index in [1.165, 1.54) is 24.0 Å². The molecule has 106 valence electrons. The zero-order chi connectivity index (χ0) is 13.9. The van der Waals surface area contributed by atoms with Gasteiger partial charge in [-0.25, -0.2) is 0 Å². The van der Waals surface area contributed by atoms with Gasteiger partial charge >= 0.3 is 0 Å². The number of hydrogen-bond donors (Lipinski definition) is 1. The first-order chi connectivity index (χ1) is 9.75. The Morgan fingerprint density at radius 2 is 1.70 bits per heavy atom. The molecule has 2 aliphatic rings. The van der Waals surface area contributed by atoms with Crippen molar-refractivity contribution >= 4 is 11.7 Å².